The zero-order chi connectivity index (χ0) is 13.2. The van der Waals surface area contributed by atoms with E-state index in [-0.39, 0.29) is 0 Å². The first kappa shape index (κ1) is 13.5. The molecule has 2 heterocycles. The lowest BCUT2D eigenvalue weighted by Gasteiger charge is -2.19. The quantitative estimate of drug-likeness (QED) is 0.800. The van der Waals surface area contributed by atoms with Gasteiger partial charge < -0.3 is 4.42 Å². The molecule has 1 aromatic rings. The standard InChI is InChI=1S/C11H19N3O3S/c1-10-12-11(9-17-10)8-13-4-3-5-14(7-6-13)18(2,15)16/h9H,3-8H2,1-2H3. The highest BCUT2D eigenvalue weighted by molar-refractivity contribution is 7.88. The van der Waals surface area contributed by atoms with Crippen molar-refractivity contribution in [3.05, 3.63) is 17.8 Å². The van der Waals surface area contributed by atoms with Crippen LogP contribution in [0, 0.1) is 6.92 Å². The minimum absolute atomic E-state index is 0.551. The summed E-state index contributed by atoms with van der Waals surface area (Å²) in [7, 11) is -3.07. The fourth-order valence-electron chi connectivity index (χ4n) is 2.15. The minimum atomic E-state index is -3.07. The number of oxazole rings is 1. The Morgan fingerprint density at radius 2 is 2.11 bits per heavy atom. The van der Waals surface area contributed by atoms with E-state index in [4.69, 9.17) is 4.42 Å². The largest absolute Gasteiger partial charge is 0.449 e. The molecule has 0 aromatic carbocycles. The van der Waals surface area contributed by atoms with Crippen molar-refractivity contribution in [2.24, 2.45) is 0 Å². The van der Waals surface area contributed by atoms with E-state index in [9.17, 15) is 8.42 Å². The average molecular weight is 273 g/mol. The van der Waals surface area contributed by atoms with Crippen LogP contribution >= 0.6 is 0 Å². The first-order valence-corrected chi connectivity index (χ1v) is 7.88. The van der Waals surface area contributed by atoms with Crippen molar-refractivity contribution in [2.45, 2.75) is 19.9 Å². The number of rotatable bonds is 3. The number of aromatic nitrogens is 1. The summed E-state index contributed by atoms with van der Waals surface area (Å²) in [5.74, 6) is 0.664. The molecule has 0 radical (unpaired) electrons. The van der Waals surface area contributed by atoms with Crippen LogP contribution in [-0.2, 0) is 16.6 Å². The van der Waals surface area contributed by atoms with Gasteiger partial charge in [0.15, 0.2) is 5.89 Å². The molecule has 0 unspecified atom stereocenters. The molecule has 1 aliphatic rings. The number of nitrogens with zero attached hydrogens (tertiary/aromatic N) is 3. The second kappa shape index (κ2) is 5.38. The van der Waals surface area contributed by atoms with E-state index in [1.807, 2.05) is 6.92 Å². The maximum Gasteiger partial charge on any atom is 0.211 e. The van der Waals surface area contributed by atoms with Crippen molar-refractivity contribution in [3.8, 4) is 0 Å². The second-order valence-corrected chi connectivity index (χ2v) is 6.63. The smallest absolute Gasteiger partial charge is 0.211 e. The molecule has 18 heavy (non-hydrogen) atoms. The van der Waals surface area contributed by atoms with Crippen LogP contribution in [0.15, 0.2) is 10.7 Å². The van der Waals surface area contributed by atoms with Crippen molar-refractivity contribution in [3.63, 3.8) is 0 Å². The average Bonchev–Trinajstić information content (AvgIpc) is 2.53. The monoisotopic (exact) mass is 273 g/mol. The summed E-state index contributed by atoms with van der Waals surface area (Å²) in [5, 5.41) is 0. The third-order valence-electron chi connectivity index (χ3n) is 3.07. The van der Waals surface area contributed by atoms with Gasteiger partial charge in [-0.15, -0.1) is 0 Å². The molecule has 0 aliphatic carbocycles. The Balaban J connectivity index is 1.93. The van der Waals surface area contributed by atoms with E-state index in [0.29, 0.717) is 19.0 Å². The molecule has 1 saturated heterocycles. The summed E-state index contributed by atoms with van der Waals surface area (Å²) in [4.78, 5) is 6.47. The topological polar surface area (TPSA) is 66.7 Å². The predicted molar refractivity (Wildman–Crippen MR) is 67.6 cm³/mol. The SMILES string of the molecule is Cc1nc(CN2CCCN(S(C)(=O)=O)CC2)co1. The highest BCUT2D eigenvalue weighted by atomic mass is 32.2. The Morgan fingerprint density at radius 3 is 2.72 bits per heavy atom. The number of hydrogen-bond donors (Lipinski definition) is 0. The van der Waals surface area contributed by atoms with Crippen molar-refractivity contribution in [1.82, 2.24) is 14.2 Å². The van der Waals surface area contributed by atoms with E-state index in [0.717, 1.165) is 31.7 Å². The highest BCUT2D eigenvalue weighted by Gasteiger charge is 2.21. The van der Waals surface area contributed by atoms with Gasteiger partial charge in [-0.2, -0.15) is 0 Å². The van der Waals surface area contributed by atoms with Gasteiger partial charge >= 0.3 is 0 Å². The lowest BCUT2D eigenvalue weighted by Crippen LogP contribution is -2.34. The lowest BCUT2D eigenvalue weighted by atomic mass is 10.3. The number of sulfonamides is 1. The van der Waals surface area contributed by atoms with Crippen LogP contribution in [0.5, 0.6) is 0 Å². The molecule has 1 aliphatic heterocycles. The maximum absolute atomic E-state index is 11.5. The fraction of sp³-hybridized carbons (Fsp3) is 0.727. The third kappa shape index (κ3) is 3.54. The van der Waals surface area contributed by atoms with Gasteiger partial charge in [-0.1, -0.05) is 0 Å². The molecular weight excluding hydrogens is 254 g/mol. The van der Waals surface area contributed by atoms with Crippen molar-refractivity contribution >= 4 is 10.0 Å². The molecule has 0 spiro atoms. The van der Waals surface area contributed by atoms with Crippen LogP contribution in [0.2, 0.25) is 0 Å². The van der Waals surface area contributed by atoms with Crippen LogP contribution in [-0.4, -0.2) is 55.0 Å². The molecule has 0 amide bonds. The molecule has 102 valence electrons. The first-order chi connectivity index (χ1) is 8.45. The van der Waals surface area contributed by atoms with Gasteiger partial charge in [0.2, 0.25) is 10.0 Å². The molecule has 6 nitrogen and oxygen atoms in total. The summed E-state index contributed by atoms with van der Waals surface area (Å²) in [6.07, 6.45) is 3.78. The van der Waals surface area contributed by atoms with Gasteiger partial charge in [0.25, 0.3) is 0 Å². The minimum Gasteiger partial charge on any atom is -0.449 e. The summed E-state index contributed by atoms with van der Waals surface area (Å²) in [6.45, 7) is 5.31. The van der Waals surface area contributed by atoms with E-state index >= 15 is 0 Å². The maximum atomic E-state index is 11.5. The Hall–Kier alpha value is -0.920. The van der Waals surface area contributed by atoms with Crippen molar-refractivity contribution in [2.75, 3.05) is 32.4 Å². The Labute approximate surface area is 108 Å². The van der Waals surface area contributed by atoms with E-state index in [1.54, 1.807) is 10.6 Å². The van der Waals surface area contributed by atoms with Gasteiger partial charge in [0, 0.05) is 33.1 Å². The van der Waals surface area contributed by atoms with Gasteiger partial charge in [0.1, 0.15) is 6.26 Å². The molecule has 0 saturated carbocycles. The fourth-order valence-corrected chi connectivity index (χ4v) is 3.02. The zero-order valence-electron chi connectivity index (χ0n) is 10.8. The summed E-state index contributed by atoms with van der Waals surface area (Å²) < 4.78 is 29.7. The zero-order valence-corrected chi connectivity index (χ0v) is 11.6. The summed E-state index contributed by atoms with van der Waals surface area (Å²) in [5.41, 5.74) is 0.903. The van der Waals surface area contributed by atoms with E-state index < -0.39 is 10.0 Å². The molecule has 0 N–H and O–H groups in total. The van der Waals surface area contributed by atoms with Crippen molar-refractivity contribution in [1.29, 1.82) is 0 Å². The van der Waals surface area contributed by atoms with Crippen LogP contribution < -0.4 is 0 Å². The van der Waals surface area contributed by atoms with Crippen LogP contribution in [0.4, 0.5) is 0 Å². The number of hydrogen-bond acceptors (Lipinski definition) is 5. The van der Waals surface area contributed by atoms with E-state index in [1.165, 1.54) is 6.26 Å². The van der Waals surface area contributed by atoms with Crippen LogP contribution in [0.1, 0.15) is 18.0 Å². The van der Waals surface area contributed by atoms with Crippen LogP contribution in [0.25, 0.3) is 0 Å². The Kier molecular flexibility index (Phi) is 4.04. The second-order valence-electron chi connectivity index (χ2n) is 4.65. The normalized spacial score (nSPS) is 19.9. The highest BCUT2D eigenvalue weighted by Crippen LogP contribution is 2.10. The predicted octanol–water partition coefficient (Wildman–Crippen LogP) is 0.450. The molecule has 7 heteroatoms. The molecule has 2 rings (SSSR count). The van der Waals surface area contributed by atoms with Gasteiger partial charge in [-0.05, 0) is 13.0 Å². The first-order valence-electron chi connectivity index (χ1n) is 6.03. The number of aryl methyl sites for hydroxylation is 1. The van der Waals surface area contributed by atoms with Crippen LogP contribution in [0.3, 0.4) is 0 Å². The van der Waals surface area contributed by atoms with Gasteiger partial charge in [0.05, 0.1) is 11.9 Å². The summed E-state index contributed by atoms with van der Waals surface area (Å²) >= 11 is 0. The van der Waals surface area contributed by atoms with Gasteiger partial charge in [-0.3, -0.25) is 4.90 Å². The van der Waals surface area contributed by atoms with Gasteiger partial charge in [-0.25, -0.2) is 17.7 Å². The summed E-state index contributed by atoms with van der Waals surface area (Å²) in [6, 6.07) is 0. The van der Waals surface area contributed by atoms with Crippen molar-refractivity contribution < 1.29 is 12.8 Å². The van der Waals surface area contributed by atoms with E-state index in [2.05, 4.69) is 9.88 Å². The lowest BCUT2D eigenvalue weighted by molar-refractivity contribution is 0.275. The molecule has 1 aromatic heterocycles. The Bertz CT molecular complexity index is 497. The third-order valence-corrected chi connectivity index (χ3v) is 4.37. The molecular formula is C11H19N3O3S. The molecule has 0 bridgehead atoms. The molecule has 0 atom stereocenters. The molecule has 1 fully saturated rings. The Morgan fingerprint density at radius 1 is 1.33 bits per heavy atom.